The summed E-state index contributed by atoms with van der Waals surface area (Å²) < 4.78 is 0. The zero-order chi connectivity index (χ0) is 3.41. The Morgan fingerprint density at radius 2 is 1.00 bits per heavy atom. The first-order chi connectivity index (χ1) is 1.91. The summed E-state index contributed by atoms with van der Waals surface area (Å²) in [7, 11) is 0. The van der Waals surface area contributed by atoms with E-state index < -0.39 is 0 Å². The lowest BCUT2D eigenvalue weighted by molar-refractivity contribution is 1.11. The maximum atomic E-state index is 7.26. The van der Waals surface area contributed by atoms with Gasteiger partial charge in [0.05, 0.1) is 0 Å². The molecular formula is C2H2F2N2. The van der Waals surface area contributed by atoms with Crippen molar-refractivity contribution in [2.75, 3.05) is 0 Å². The second-order valence-corrected chi connectivity index (χ2v) is 0.224. The Bertz CT molecular complexity index is 64.5. The van der Waals surface area contributed by atoms with Gasteiger partial charge in [-0.15, -0.1) is 0 Å². The second kappa shape index (κ2) is 43.9. The predicted octanol–water partition coefficient (Wildman–Crippen LogP) is 0.339. The smallest absolute Gasteiger partial charge is 0.181 e. The van der Waals surface area contributed by atoms with Crippen molar-refractivity contribution in [3.63, 3.8) is 0 Å². The van der Waals surface area contributed by atoms with Crippen LogP contribution in [0.25, 0.3) is 0 Å². The third-order valence-corrected chi connectivity index (χ3v) is 0.0500. The van der Waals surface area contributed by atoms with Crippen LogP contribution in [0.5, 0.6) is 0 Å². The van der Waals surface area contributed by atoms with Crippen molar-refractivity contribution in [3.8, 4) is 12.1 Å². The molecule has 0 saturated carbocycles. The van der Waals surface area contributed by atoms with Crippen LogP contribution in [-0.2, 0) is 0 Å². The Morgan fingerprint density at radius 3 is 1.00 bits per heavy atom. The van der Waals surface area contributed by atoms with E-state index in [9.17, 15) is 0 Å². The molecule has 2 nitrogen and oxygen atoms in total. The van der Waals surface area contributed by atoms with Gasteiger partial charge in [0.25, 0.3) is 0 Å². The Morgan fingerprint density at radius 1 is 0.833 bits per heavy atom. The SMILES string of the molecule is F.F.N#CC#N. The Hall–Kier alpha value is -1.16. The molecule has 0 aromatic rings. The quantitative estimate of drug-likeness (QED) is 0.432. The minimum atomic E-state index is 0. The molecule has 0 aliphatic heterocycles. The van der Waals surface area contributed by atoms with E-state index in [4.69, 9.17) is 10.5 Å². The van der Waals surface area contributed by atoms with E-state index in [1.54, 1.807) is 0 Å². The summed E-state index contributed by atoms with van der Waals surface area (Å²) in [6, 6.07) is 2.47. The molecule has 0 aliphatic rings. The number of hydrogen-bond donors (Lipinski definition) is 0. The molecule has 4 heteroatoms. The van der Waals surface area contributed by atoms with E-state index >= 15 is 0 Å². The fraction of sp³-hybridized carbons (Fsp3) is 0. The van der Waals surface area contributed by atoms with Crippen LogP contribution in [0.15, 0.2) is 0 Å². The first-order valence-electron chi connectivity index (χ1n) is 0.697. The summed E-state index contributed by atoms with van der Waals surface area (Å²) in [6.07, 6.45) is 0. The van der Waals surface area contributed by atoms with E-state index in [1.807, 2.05) is 0 Å². The third-order valence-electron chi connectivity index (χ3n) is 0.0500. The summed E-state index contributed by atoms with van der Waals surface area (Å²) in [5, 5.41) is 14.5. The lowest BCUT2D eigenvalue weighted by atomic mass is 10.9. The molecule has 0 aromatic carbocycles. The monoisotopic (exact) mass is 92.0 g/mol. The topological polar surface area (TPSA) is 47.6 Å². The van der Waals surface area contributed by atoms with Crippen molar-refractivity contribution in [2.45, 2.75) is 0 Å². The van der Waals surface area contributed by atoms with Gasteiger partial charge in [0.2, 0.25) is 0 Å². The highest BCUT2D eigenvalue weighted by molar-refractivity contribution is 4.99. The summed E-state index contributed by atoms with van der Waals surface area (Å²) in [6.45, 7) is 0. The van der Waals surface area contributed by atoms with Gasteiger partial charge in [0, 0.05) is 0 Å². The van der Waals surface area contributed by atoms with Gasteiger partial charge < -0.3 is 0 Å². The molecule has 6 heavy (non-hydrogen) atoms. The Labute approximate surface area is 33.3 Å². The summed E-state index contributed by atoms with van der Waals surface area (Å²) in [4.78, 5) is 0. The van der Waals surface area contributed by atoms with Crippen molar-refractivity contribution in [1.82, 2.24) is 0 Å². The van der Waals surface area contributed by atoms with Crippen LogP contribution in [0.3, 0.4) is 0 Å². The minimum Gasteiger partial charge on any atom is -0.269 e. The summed E-state index contributed by atoms with van der Waals surface area (Å²) in [5.41, 5.74) is 0. The molecule has 0 rings (SSSR count). The third kappa shape index (κ3) is 376. The first kappa shape index (κ1) is 21.1. The molecule has 0 aliphatic carbocycles. The largest absolute Gasteiger partial charge is 0.269 e. The average Bonchev–Trinajstić information content (AvgIpc) is 1.37. The zero-order valence-corrected chi connectivity index (χ0v) is 2.71. The highest BCUT2D eigenvalue weighted by Crippen LogP contribution is 1.27. The van der Waals surface area contributed by atoms with Gasteiger partial charge in [-0.2, -0.15) is 10.5 Å². The van der Waals surface area contributed by atoms with Gasteiger partial charge in [0.1, 0.15) is 0 Å². The molecule has 0 unspecified atom stereocenters. The van der Waals surface area contributed by atoms with E-state index in [1.165, 1.54) is 12.1 Å². The van der Waals surface area contributed by atoms with Crippen LogP contribution in [0, 0.1) is 22.7 Å². The van der Waals surface area contributed by atoms with Gasteiger partial charge in [-0.05, 0) is 0 Å². The van der Waals surface area contributed by atoms with Gasteiger partial charge in [-0.3, -0.25) is 9.41 Å². The fourth-order valence-electron chi connectivity index (χ4n) is 0. The lowest BCUT2D eigenvalue weighted by Crippen LogP contribution is -1.26. The van der Waals surface area contributed by atoms with Crippen molar-refractivity contribution in [1.29, 1.82) is 10.5 Å². The first-order valence-corrected chi connectivity index (χ1v) is 0.697. The number of nitriles is 2. The number of rotatable bonds is 0. The normalized spacial score (nSPS) is 1.67. The molecule has 0 spiro atoms. The predicted molar refractivity (Wildman–Crippen MR) is 16.2 cm³/mol. The van der Waals surface area contributed by atoms with Gasteiger partial charge in [-0.1, -0.05) is 0 Å². The van der Waals surface area contributed by atoms with Gasteiger partial charge in [0.15, 0.2) is 12.1 Å². The highest BCUT2D eigenvalue weighted by Gasteiger charge is 1.39. The molecule has 0 N–H and O–H groups in total. The Balaban J connectivity index is -0.0000000450. The average molecular weight is 92.0 g/mol. The van der Waals surface area contributed by atoms with Crippen molar-refractivity contribution in [2.24, 2.45) is 0 Å². The van der Waals surface area contributed by atoms with E-state index in [-0.39, 0.29) is 9.41 Å². The zero-order valence-electron chi connectivity index (χ0n) is 2.71. The molecule has 0 amide bonds. The van der Waals surface area contributed by atoms with Crippen LogP contribution >= 0.6 is 0 Å². The molecular weight excluding hydrogens is 90.0 g/mol. The van der Waals surface area contributed by atoms with Crippen LogP contribution in [0.2, 0.25) is 0 Å². The van der Waals surface area contributed by atoms with Gasteiger partial charge >= 0.3 is 0 Å². The van der Waals surface area contributed by atoms with E-state index in [0.717, 1.165) is 0 Å². The lowest BCUT2D eigenvalue weighted by Gasteiger charge is -1.16. The molecule has 0 heterocycles. The molecule has 0 saturated heterocycles. The number of halogens is 2. The molecule has 0 bridgehead atoms. The number of hydrogen-bond acceptors (Lipinski definition) is 2. The van der Waals surface area contributed by atoms with Crippen molar-refractivity contribution in [3.05, 3.63) is 0 Å². The van der Waals surface area contributed by atoms with Crippen LogP contribution in [0.1, 0.15) is 0 Å². The molecule has 34 valence electrons. The Kier molecular flexibility index (Phi) is 154. The maximum Gasteiger partial charge on any atom is 0.181 e. The summed E-state index contributed by atoms with van der Waals surface area (Å²) >= 11 is 0. The highest BCUT2D eigenvalue weighted by atomic mass is 19.0. The molecule has 0 radical (unpaired) electrons. The van der Waals surface area contributed by atoms with E-state index in [2.05, 4.69) is 0 Å². The van der Waals surface area contributed by atoms with Gasteiger partial charge in [-0.25, -0.2) is 0 Å². The standard InChI is InChI=1S/C2N2.2FH/c3-1-2-4;;/h;2*1H. The van der Waals surface area contributed by atoms with Crippen molar-refractivity contribution < 1.29 is 9.41 Å². The molecule has 0 fully saturated rings. The van der Waals surface area contributed by atoms with Crippen LogP contribution in [0.4, 0.5) is 9.41 Å². The fourth-order valence-corrected chi connectivity index (χ4v) is 0. The minimum absolute atomic E-state index is 0. The van der Waals surface area contributed by atoms with E-state index in [0.29, 0.717) is 0 Å². The molecule has 0 atom stereocenters. The second-order valence-electron chi connectivity index (χ2n) is 0.224. The maximum absolute atomic E-state index is 7.26. The number of nitrogens with zero attached hydrogens (tertiary/aromatic N) is 2. The molecule has 0 aromatic heterocycles. The van der Waals surface area contributed by atoms with Crippen LogP contribution in [-0.4, -0.2) is 0 Å². The van der Waals surface area contributed by atoms with Crippen molar-refractivity contribution >= 4 is 0 Å². The summed E-state index contributed by atoms with van der Waals surface area (Å²) in [5.74, 6) is 0. The van der Waals surface area contributed by atoms with Crippen LogP contribution < -0.4 is 0 Å².